The van der Waals surface area contributed by atoms with Crippen LogP contribution < -0.4 is 5.32 Å². The van der Waals surface area contributed by atoms with Gasteiger partial charge in [0.05, 0.1) is 5.56 Å². The summed E-state index contributed by atoms with van der Waals surface area (Å²) in [5.41, 5.74) is 1.87. The lowest BCUT2D eigenvalue weighted by Gasteiger charge is -2.21. The Hall–Kier alpha value is -1.34. The molecule has 0 bridgehead atoms. The molecule has 0 radical (unpaired) electrons. The van der Waals surface area contributed by atoms with Gasteiger partial charge in [0.1, 0.15) is 11.1 Å². The van der Waals surface area contributed by atoms with Gasteiger partial charge in [-0.2, -0.15) is 5.26 Å². The van der Waals surface area contributed by atoms with E-state index in [1.807, 2.05) is 0 Å². The number of fused-ring (bicyclic) bond motifs is 1. The van der Waals surface area contributed by atoms with Crippen LogP contribution in [0.4, 0.5) is 5.00 Å². The van der Waals surface area contributed by atoms with E-state index in [1.54, 1.807) is 11.3 Å². The molecule has 1 N–H and O–H groups in total. The minimum absolute atomic E-state index is 0.102. The number of amides is 1. The summed E-state index contributed by atoms with van der Waals surface area (Å²) < 4.78 is 0. The van der Waals surface area contributed by atoms with Crippen molar-refractivity contribution in [1.82, 2.24) is 0 Å². The highest BCUT2D eigenvalue weighted by Gasteiger charge is 2.25. The molecular formula is C14H18N2OS. The number of nitriles is 1. The van der Waals surface area contributed by atoms with Crippen molar-refractivity contribution in [3.05, 3.63) is 16.0 Å². The second-order valence-electron chi connectivity index (χ2n) is 4.90. The Morgan fingerprint density at radius 3 is 3.00 bits per heavy atom. The average Bonchev–Trinajstić information content (AvgIpc) is 2.64. The lowest BCUT2D eigenvalue weighted by atomic mass is 9.85. The van der Waals surface area contributed by atoms with Crippen LogP contribution in [0.15, 0.2) is 0 Å². The number of carbonyl (C=O) groups is 1. The largest absolute Gasteiger partial charge is 0.317 e. The van der Waals surface area contributed by atoms with Crippen LogP contribution in [0.2, 0.25) is 0 Å². The topological polar surface area (TPSA) is 52.9 Å². The number of hydrogen-bond donors (Lipinski definition) is 1. The SMILES string of the molecule is CCCC1CCc2c(sc(NC(C)=O)c2C#N)C1. The number of anilines is 1. The summed E-state index contributed by atoms with van der Waals surface area (Å²) in [6.45, 7) is 3.70. The normalized spacial score (nSPS) is 17.9. The number of rotatable bonds is 3. The van der Waals surface area contributed by atoms with Crippen LogP contribution in [0, 0.1) is 17.2 Å². The van der Waals surface area contributed by atoms with Gasteiger partial charge in [-0.25, -0.2) is 0 Å². The molecule has 4 heteroatoms. The summed E-state index contributed by atoms with van der Waals surface area (Å²) in [5, 5.41) is 12.8. The second kappa shape index (κ2) is 5.53. The molecule has 1 atom stereocenters. The van der Waals surface area contributed by atoms with Gasteiger partial charge in [-0.3, -0.25) is 4.79 Å². The molecule has 1 unspecified atom stereocenters. The minimum atomic E-state index is -0.102. The number of hydrogen-bond acceptors (Lipinski definition) is 3. The molecule has 1 amide bonds. The lowest BCUT2D eigenvalue weighted by Crippen LogP contribution is -2.12. The Labute approximate surface area is 112 Å². The van der Waals surface area contributed by atoms with E-state index >= 15 is 0 Å². The molecule has 1 aromatic heterocycles. The zero-order chi connectivity index (χ0) is 13.1. The Morgan fingerprint density at radius 1 is 1.61 bits per heavy atom. The van der Waals surface area contributed by atoms with Gasteiger partial charge in [0.15, 0.2) is 0 Å². The van der Waals surface area contributed by atoms with E-state index in [0.717, 1.165) is 23.8 Å². The Balaban J connectivity index is 2.28. The van der Waals surface area contributed by atoms with Gasteiger partial charge in [-0.05, 0) is 30.7 Å². The van der Waals surface area contributed by atoms with Gasteiger partial charge >= 0.3 is 0 Å². The number of carbonyl (C=O) groups excluding carboxylic acids is 1. The monoisotopic (exact) mass is 262 g/mol. The number of nitrogens with zero attached hydrogens (tertiary/aromatic N) is 1. The maximum atomic E-state index is 11.1. The summed E-state index contributed by atoms with van der Waals surface area (Å²) >= 11 is 1.59. The molecule has 0 saturated carbocycles. The predicted molar refractivity (Wildman–Crippen MR) is 73.8 cm³/mol. The van der Waals surface area contributed by atoms with Crippen molar-refractivity contribution in [2.24, 2.45) is 5.92 Å². The van der Waals surface area contributed by atoms with Crippen LogP contribution in [0.1, 0.15) is 49.1 Å². The van der Waals surface area contributed by atoms with Crippen LogP contribution >= 0.6 is 11.3 Å². The van der Waals surface area contributed by atoms with Crippen LogP contribution in [0.25, 0.3) is 0 Å². The summed E-state index contributed by atoms with van der Waals surface area (Å²) in [6, 6.07) is 2.25. The molecule has 0 aromatic carbocycles. The molecule has 2 rings (SSSR count). The fourth-order valence-electron chi connectivity index (χ4n) is 2.68. The molecule has 1 heterocycles. The van der Waals surface area contributed by atoms with Crippen molar-refractivity contribution >= 4 is 22.2 Å². The molecular weight excluding hydrogens is 244 g/mol. The van der Waals surface area contributed by atoms with E-state index in [0.29, 0.717) is 5.56 Å². The Bertz CT molecular complexity index is 499. The van der Waals surface area contributed by atoms with Gasteiger partial charge in [0.25, 0.3) is 0 Å². The summed E-state index contributed by atoms with van der Waals surface area (Å²) in [5.74, 6) is 0.646. The Kier molecular flexibility index (Phi) is 4.03. The summed E-state index contributed by atoms with van der Waals surface area (Å²) in [7, 11) is 0. The van der Waals surface area contributed by atoms with Crippen molar-refractivity contribution < 1.29 is 4.79 Å². The van der Waals surface area contributed by atoms with Crippen molar-refractivity contribution in [2.75, 3.05) is 5.32 Å². The van der Waals surface area contributed by atoms with Crippen molar-refractivity contribution in [3.63, 3.8) is 0 Å². The molecule has 0 aliphatic heterocycles. The van der Waals surface area contributed by atoms with Crippen molar-refractivity contribution in [1.29, 1.82) is 5.26 Å². The summed E-state index contributed by atoms with van der Waals surface area (Å²) in [4.78, 5) is 12.5. The van der Waals surface area contributed by atoms with E-state index < -0.39 is 0 Å². The standard InChI is InChI=1S/C14H18N2OS/c1-3-4-10-5-6-11-12(8-15)14(16-9(2)17)18-13(11)7-10/h10H,3-7H2,1-2H3,(H,16,17). The van der Waals surface area contributed by atoms with Gasteiger partial charge in [0.2, 0.25) is 5.91 Å². The number of thiophene rings is 1. The minimum Gasteiger partial charge on any atom is -0.317 e. The van der Waals surface area contributed by atoms with Gasteiger partial charge in [0, 0.05) is 11.8 Å². The molecule has 3 nitrogen and oxygen atoms in total. The Morgan fingerprint density at radius 2 is 2.39 bits per heavy atom. The third-order valence-corrected chi connectivity index (χ3v) is 4.64. The molecule has 0 spiro atoms. The van der Waals surface area contributed by atoms with Gasteiger partial charge in [-0.15, -0.1) is 11.3 Å². The zero-order valence-corrected chi connectivity index (χ0v) is 11.7. The van der Waals surface area contributed by atoms with Crippen LogP contribution in [0.3, 0.4) is 0 Å². The fraction of sp³-hybridized carbons (Fsp3) is 0.571. The molecule has 96 valence electrons. The highest BCUT2D eigenvalue weighted by atomic mass is 32.1. The van der Waals surface area contributed by atoms with Crippen molar-refractivity contribution in [3.8, 4) is 6.07 Å². The van der Waals surface area contributed by atoms with E-state index in [-0.39, 0.29) is 5.91 Å². The molecule has 18 heavy (non-hydrogen) atoms. The average molecular weight is 262 g/mol. The maximum absolute atomic E-state index is 11.1. The van der Waals surface area contributed by atoms with Gasteiger partial charge < -0.3 is 5.32 Å². The molecule has 0 fully saturated rings. The third kappa shape index (κ3) is 2.56. The van der Waals surface area contributed by atoms with E-state index in [9.17, 15) is 10.1 Å². The highest BCUT2D eigenvalue weighted by Crippen LogP contribution is 2.40. The fourth-order valence-corrected chi connectivity index (χ4v) is 4.03. The number of nitrogens with one attached hydrogen (secondary N) is 1. The van der Waals surface area contributed by atoms with Gasteiger partial charge in [-0.1, -0.05) is 19.8 Å². The quantitative estimate of drug-likeness (QED) is 0.906. The second-order valence-corrected chi connectivity index (χ2v) is 6.00. The predicted octanol–water partition coefficient (Wildman–Crippen LogP) is 3.48. The van der Waals surface area contributed by atoms with Crippen LogP contribution in [0.5, 0.6) is 0 Å². The maximum Gasteiger partial charge on any atom is 0.221 e. The van der Waals surface area contributed by atoms with Crippen LogP contribution in [-0.2, 0) is 17.6 Å². The van der Waals surface area contributed by atoms with Crippen molar-refractivity contribution in [2.45, 2.75) is 46.0 Å². The first-order chi connectivity index (χ1) is 8.65. The third-order valence-electron chi connectivity index (χ3n) is 3.47. The van der Waals surface area contributed by atoms with Crippen LogP contribution in [-0.4, -0.2) is 5.91 Å². The zero-order valence-electron chi connectivity index (χ0n) is 10.9. The molecule has 1 aliphatic carbocycles. The van der Waals surface area contributed by atoms with E-state index in [4.69, 9.17) is 0 Å². The molecule has 0 saturated heterocycles. The van der Waals surface area contributed by atoms with E-state index in [2.05, 4.69) is 18.3 Å². The lowest BCUT2D eigenvalue weighted by molar-refractivity contribution is -0.114. The first-order valence-electron chi connectivity index (χ1n) is 6.47. The highest BCUT2D eigenvalue weighted by molar-refractivity contribution is 7.16. The first-order valence-corrected chi connectivity index (χ1v) is 7.29. The molecule has 1 aliphatic rings. The van der Waals surface area contributed by atoms with E-state index in [1.165, 1.54) is 36.6 Å². The smallest absolute Gasteiger partial charge is 0.221 e. The first kappa shape index (κ1) is 13.1. The summed E-state index contributed by atoms with van der Waals surface area (Å²) in [6.07, 6.45) is 5.70. The molecule has 1 aromatic rings.